The second-order valence-corrected chi connectivity index (χ2v) is 4.35. The van der Waals surface area contributed by atoms with Crippen LogP contribution in [0, 0.1) is 0 Å². The Labute approximate surface area is 94.2 Å². The molecule has 0 fully saturated rings. The molecule has 0 aromatic carbocycles. The molecule has 0 amide bonds. The lowest BCUT2D eigenvalue weighted by molar-refractivity contribution is 0.341. The Morgan fingerprint density at radius 1 is 0.933 bits per heavy atom. The maximum atomic E-state index is 8.90. The second-order valence-electron chi connectivity index (χ2n) is 4.35. The summed E-state index contributed by atoms with van der Waals surface area (Å²) >= 11 is 0. The van der Waals surface area contributed by atoms with E-state index < -0.39 is 0 Å². The van der Waals surface area contributed by atoms with E-state index in [1.165, 1.54) is 16.7 Å². The molecule has 0 heterocycles. The third kappa shape index (κ3) is 9.48. The molecule has 0 aliphatic carbocycles. The van der Waals surface area contributed by atoms with Crippen molar-refractivity contribution < 1.29 is 5.11 Å². The van der Waals surface area contributed by atoms with Crippen molar-refractivity contribution >= 4 is 0 Å². The lowest BCUT2D eigenvalue weighted by atomic mass is 10.0. The minimum Gasteiger partial charge on any atom is -0.392 e. The summed E-state index contributed by atoms with van der Waals surface area (Å²) in [6, 6.07) is 0. The molecule has 0 aliphatic rings. The van der Waals surface area contributed by atoms with Crippen molar-refractivity contribution in [2.75, 3.05) is 6.61 Å². The van der Waals surface area contributed by atoms with E-state index >= 15 is 0 Å². The van der Waals surface area contributed by atoms with E-state index in [0.717, 1.165) is 19.3 Å². The molecule has 1 heteroatoms. The summed E-state index contributed by atoms with van der Waals surface area (Å²) in [5.41, 5.74) is 4.03. The summed E-state index contributed by atoms with van der Waals surface area (Å²) in [6.07, 6.45) is 9.48. The first kappa shape index (κ1) is 14.2. The van der Waals surface area contributed by atoms with Crippen molar-refractivity contribution in [2.45, 2.75) is 47.0 Å². The van der Waals surface area contributed by atoms with Gasteiger partial charge < -0.3 is 5.11 Å². The van der Waals surface area contributed by atoms with Gasteiger partial charge in [0.2, 0.25) is 0 Å². The third-order valence-electron chi connectivity index (χ3n) is 2.17. The van der Waals surface area contributed by atoms with Gasteiger partial charge in [-0.15, -0.1) is 0 Å². The lowest BCUT2D eigenvalue weighted by Gasteiger charge is -2.03. The second kappa shape index (κ2) is 8.49. The molecule has 0 rings (SSSR count). The molecular weight excluding hydrogens is 184 g/mol. The van der Waals surface area contributed by atoms with Crippen LogP contribution >= 0.6 is 0 Å². The van der Waals surface area contributed by atoms with Gasteiger partial charge in [-0.3, -0.25) is 0 Å². The molecule has 0 spiro atoms. The van der Waals surface area contributed by atoms with E-state index in [0.29, 0.717) is 0 Å². The summed E-state index contributed by atoms with van der Waals surface area (Å²) in [5.74, 6) is 0. The average molecular weight is 208 g/mol. The number of aliphatic hydroxyl groups excluding tert-OH is 1. The SMILES string of the molecule is CC(C)=CCC/C(=C/CO)CC=C(C)C. The normalized spacial score (nSPS) is 11.1. The van der Waals surface area contributed by atoms with Gasteiger partial charge in [-0.25, -0.2) is 0 Å². The van der Waals surface area contributed by atoms with Gasteiger partial charge in [-0.1, -0.05) is 34.9 Å². The number of hydrogen-bond donors (Lipinski definition) is 1. The fraction of sp³-hybridized carbons (Fsp3) is 0.571. The first-order valence-electron chi connectivity index (χ1n) is 5.61. The largest absolute Gasteiger partial charge is 0.392 e. The van der Waals surface area contributed by atoms with Crippen LogP contribution in [0.25, 0.3) is 0 Å². The van der Waals surface area contributed by atoms with E-state index in [2.05, 4.69) is 39.8 Å². The fourth-order valence-electron chi connectivity index (χ4n) is 1.30. The zero-order valence-electron chi connectivity index (χ0n) is 10.5. The average Bonchev–Trinajstić information content (AvgIpc) is 2.13. The maximum Gasteiger partial charge on any atom is 0.0615 e. The van der Waals surface area contributed by atoms with Gasteiger partial charge in [0, 0.05) is 0 Å². The zero-order chi connectivity index (χ0) is 11.7. The molecule has 0 atom stereocenters. The van der Waals surface area contributed by atoms with Crippen molar-refractivity contribution in [1.82, 2.24) is 0 Å². The summed E-state index contributed by atoms with van der Waals surface area (Å²) in [4.78, 5) is 0. The van der Waals surface area contributed by atoms with Crippen LogP contribution < -0.4 is 0 Å². The first-order valence-corrected chi connectivity index (χ1v) is 5.61. The van der Waals surface area contributed by atoms with Crippen LogP contribution in [-0.2, 0) is 0 Å². The Morgan fingerprint density at radius 3 is 2.00 bits per heavy atom. The quantitative estimate of drug-likeness (QED) is 0.654. The molecule has 0 aromatic rings. The van der Waals surface area contributed by atoms with Gasteiger partial charge in [0.15, 0.2) is 0 Å². The van der Waals surface area contributed by atoms with Crippen LogP contribution in [0.1, 0.15) is 47.0 Å². The van der Waals surface area contributed by atoms with Gasteiger partial charge in [0.05, 0.1) is 6.61 Å². The fourth-order valence-corrected chi connectivity index (χ4v) is 1.30. The van der Waals surface area contributed by atoms with Crippen LogP contribution in [0.4, 0.5) is 0 Å². The number of allylic oxidation sites excluding steroid dienone is 5. The molecule has 0 unspecified atom stereocenters. The molecule has 0 aliphatic heterocycles. The summed E-state index contributed by atoms with van der Waals surface area (Å²) in [5, 5.41) is 8.90. The highest BCUT2D eigenvalue weighted by molar-refractivity contribution is 5.11. The van der Waals surface area contributed by atoms with Gasteiger partial charge in [0.1, 0.15) is 0 Å². The number of rotatable bonds is 6. The van der Waals surface area contributed by atoms with E-state index in [1.807, 2.05) is 6.08 Å². The zero-order valence-corrected chi connectivity index (χ0v) is 10.5. The van der Waals surface area contributed by atoms with E-state index in [1.54, 1.807) is 0 Å². The Bertz CT molecular complexity index is 249. The third-order valence-corrected chi connectivity index (χ3v) is 2.17. The first-order chi connectivity index (χ1) is 7.06. The van der Waals surface area contributed by atoms with Crippen LogP contribution in [0.2, 0.25) is 0 Å². The van der Waals surface area contributed by atoms with Gasteiger partial charge in [0.25, 0.3) is 0 Å². The highest BCUT2D eigenvalue weighted by Crippen LogP contribution is 2.13. The number of aliphatic hydroxyl groups is 1. The molecule has 86 valence electrons. The van der Waals surface area contributed by atoms with Gasteiger partial charge in [-0.2, -0.15) is 0 Å². The van der Waals surface area contributed by atoms with Gasteiger partial charge >= 0.3 is 0 Å². The van der Waals surface area contributed by atoms with E-state index in [4.69, 9.17) is 5.11 Å². The maximum absolute atomic E-state index is 8.90. The Kier molecular flexibility index (Phi) is 8.02. The number of hydrogen-bond acceptors (Lipinski definition) is 1. The van der Waals surface area contributed by atoms with Crippen molar-refractivity contribution in [2.24, 2.45) is 0 Å². The Hall–Kier alpha value is -0.820. The Balaban J connectivity index is 4.12. The van der Waals surface area contributed by atoms with Gasteiger partial charge in [-0.05, 0) is 47.0 Å². The Morgan fingerprint density at radius 2 is 1.53 bits per heavy atom. The molecule has 0 aromatic heterocycles. The van der Waals surface area contributed by atoms with E-state index in [-0.39, 0.29) is 6.61 Å². The van der Waals surface area contributed by atoms with Crippen molar-refractivity contribution in [3.05, 3.63) is 34.9 Å². The van der Waals surface area contributed by atoms with Crippen LogP contribution in [-0.4, -0.2) is 11.7 Å². The van der Waals surface area contributed by atoms with Crippen molar-refractivity contribution in [1.29, 1.82) is 0 Å². The summed E-state index contributed by atoms with van der Waals surface area (Å²) in [6.45, 7) is 8.59. The molecule has 1 N–H and O–H groups in total. The van der Waals surface area contributed by atoms with E-state index in [9.17, 15) is 0 Å². The minimum atomic E-state index is 0.154. The highest BCUT2D eigenvalue weighted by atomic mass is 16.2. The minimum absolute atomic E-state index is 0.154. The molecule has 15 heavy (non-hydrogen) atoms. The van der Waals surface area contributed by atoms with Crippen LogP contribution in [0.15, 0.2) is 34.9 Å². The van der Waals surface area contributed by atoms with Crippen LogP contribution in [0.5, 0.6) is 0 Å². The molecule has 0 saturated carbocycles. The monoisotopic (exact) mass is 208 g/mol. The van der Waals surface area contributed by atoms with Crippen molar-refractivity contribution in [3.63, 3.8) is 0 Å². The predicted octanol–water partition coefficient (Wildman–Crippen LogP) is 4.01. The van der Waals surface area contributed by atoms with Crippen LogP contribution in [0.3, 0.4) is 0 Å². The summed E-state index contributed by atoms with van der Waals surface area (Å²) < 4.78 is 0. The predicted molar refractivity (Wildman–Crippen MR) is 67.9 cm³/mol. The van der Waals surface area contributed by atoms with Crippen molar-refractivity contribution in [3.8, 4) is 0 Å². The smallest absolute Gasteiger partial charge is 0.0615 e. The molecule has 0 saturated heterocycles. The molecule has 1 nitrogen and oxygen atoms in total. The molecule has 0 bridgehead atoms. The summed E-state index contributed by atoms with van der Waals surface area (Å²) in [7, 11) is 0. The molecule has 0 radical (unpaired) electrons. The standard InChI is InChI=1S/C14H24O/c1-12(2)6-5-7-14(10-11-15)9-8-13(3)4/h6,8,10,15H,5,7,9,11H2,1-4H3/b14-10-. The topological polar surface area (TPSA) is 20.2 Å². The molecular formula is C14H24O. The lowest BCUT2D eigenvalue weighted by Crippen LogP contribution is -1.86. The highest BCUT2D eigenvalue weighted by Gasteiger charge is 1.94.